The molecule has 2 rings (SSSR count). The van der Waals surface area contributed by atoms with E-state index < -0.39 is 49.2 Å². The number of amides is 1. The number of hydrogen-bond donors (Lipinski definition) is 6. The summed E-state index contributed by atoms with van der Waals surface area (Å²) in [7, 11) is 0. The van der Waals surface area contributed by atoms with Crippen molar-refractivity contribution in [3.63, 3.8) is 0 Å². The van der Waals surface area contributed by atoms with Crippen molar-refractivity contribution in [2.24, 2.45) is 11.3 Å². The molecule has 176 valence electrons. The third-order valence-electron chi connectivity index (χ3n) is 5.77. The molecule has 0 aromatic rings. The van der Waals surface area contributed by atoms with Crippen molar-refractivity contribution >= 4 is 5.91 Å². The second-order valence-electron chi connectivity index (χ2n) is 9.09. The molecule has 1 amide bonds. The van der Waals surface area contributed by atoms with Crippen LogP contribution in [0.15, 0.2) is 0 Å². The fraction of sp³-hybridized carbons (Fsp3) is 0.950. The Hall–Kier alpha value is -0.850. The first-order valence-electron chi connectivity index (χ1n) is 10.7. The van der Waals surface area contributed by atoms with E-state index in [1.807, 2.05) is 13.8 Å². The van der Waals surface area contributed by atoms with E-state index >= 15 is 0 Å². The Balaban J connectivity index is 1.90. The van der Waals surface area contributed by atoms with E-state index in [0.717, 1.165) is 6.42 Å². The molecule has 2 heterocycles. The molecule has 0 aromatic carbocycles. The normalized spacial score (nSPS) is 34.3. The molecule has 0 aromatic heterocycles. The van der Waals surface area contributed by atoms with Crippen molar-refractivity contribution in [1.82, 2.24) is 10.6 Å². The topological polar surface area (TPSA) is 150 Å². The molecule has 0 aliphatic carbocycles. The van der Waals surface area contributed by atoms with Crippen molar-refractivity contribution in [2.45, 2.75) is 83.5 Å². The van der Waals surface area contributed by atoms with Crippen molar-refractivity contribution < 1.29 is 39.4 Å². The summed E-state index contributed by atoms with van der Waals surface area (Å²) < 4.78 is 16.5. The van der Waals surface area contributed by atoms with Gasteiger partial charge in [0.15, 0.2) is 12.6 Å². The Kier molecular flexibility index (Phi) is 9.44. The summed E-state index contributed by atoms with van der Waals surface area (Å²) in [6.45, 7) is 9.18. The monoisotopic (exact) mass is 434 g/mol. The Morgan fingerprint density at radius 1 is 1.17 bits per heavy atom. The van der Waals surface area contributed by atoms with Gasteiger partial charge in [-0.25, -0.2) is 0 Å². The number of ether oxygens (including phenoxy) is 3. The summed E-state index contributed by atoms with van der Waals surface area (Å²) in [5, 5.41) is 45.3. The van der Waals surface area contributed by atoms with E-state index in [-0.39, 0.29) is 17.6 Å². The van der Waals surface area contributed by atoms with Gasteiger partial charge in [-0.05, 0) is 5.92 Å². The Morgan fingerprint density at radius 3 is 2.37 bits per heavy atom. The third kappa shape index (κ3) is 6.57. The fourth-order valence-corrected chi connectivity index (χ4v) is 3.55. The van der Waals surface area contributed by atoms with Crippen molar-refractivity contribution in [2.75, 3.05) is 26.4 Å². The van der Waals surface area contributed by atoms with E-state index in [2.05, 4.69) is 24.5 Å². The number of carbonyl (C=O) groups excluding carboxylic acids is 1. The standard InChI is InChI=1S/C20H38N2O8/c1-5-11(2)14(21-7-6-13-28-9-20(3,4)10-29-13)18(26)22-15-17(25)16(24)12(8-23)30-19(15)27/h11-17,19,21,23-25,27H,5-10H2,1-4H3,(H,22,26)/t11-,12+,14-,15+,16+,17+,19?/m0/s1. The van der Waals surface area contributed by atoms with Gasteiger partial charge in [-0.1, -0.05) is 34.1 Å². The first-order valence-corrected chi connectivity index (χ1v) is 10.7. The van der Waals surface area contributed by atoms with Crippen LogP contribution in [0.1, 0.15) is 40.5 Å². The van der Waals surface area contributed by atoms with Gasteiger partial charge in [0.1, 0.15) is 24.4 Å². The molecule has 1 unspecified atom stereocenters. The number of nitrogens with one attached hydrogen (secondary N) is 2. The first kappa shape index (κ1) is 25.4. The lowest BCUT2D eigenvalue weighted by atomic mass is 9.94. The minimum absolute atomic E-state index is 0.00753. The maximum Gasteiger partial charge on any atom is 0.237 e. The van der Waals surface area contributed by atoms with Crippen LogP contribution in [0.4, 0.5) is 0 Å². The number of aliphatic hydroxyl groups excluding tert-OH is 4. The molecule has 0 spiro atoms. The molecule has 2 aliphatic rings. The molecule has 2 aliphatic heterocycles. The van der Waals surface area contributed by atoms with Crippen LogP contribution >= 0.6 is 0 Å². The summed E-state index contributed by atoms with van der Waals surface area (Å²) in [6.07, 6.45) is -4.58. The number of rotatable bonds is 9. The second-order valence-corrected chi connectivity index (χ2v) is 9.09. The highest BCUT2D eigenvalue weighted by Gasteiger charge is 2.45. The van der Waals surface area contributed by atoms with Crippen LogP contribution < -0.4 is 10.6 Å². The Labute approximate surface area is 177 Å². The molecule has 2 fully saturated rings. The van der Waals surface area contributed by atoms with E-state index in [1.165, 1.54) is 0 Å². The van der Waals surface area contributed by atoms with Gasteiger partial charge < -0.3 is 45.3 Å². The van der Waals surface area contributed by atoms with Crippen molar-refractivity contribution in [1.29, 1.82) is 0 Å². The highest BCUT2D eigenvalue weighted by Crippen LogP contribution is 2.24. The van der Waals surface area contributed by atoms with Gasteiger partial charge in [0.05, 0.1) is 25.9 Å². The van der Waals surface area contributed by atoms with Crippen LogP contribution in [-0.2, 0) is 19.0 Å². The largest absolute Gasteiger partial charge is 0.394 e. The van der Waals surface area contributed by atoms with E-state index in [9.17, 15) is 20.1 Å². The number of hydrogen-bond acceptors (Lipinski definition) is 9. The average molecular weight is 435 g/mol. The smallest absolute Gasteiger partial charge is 0.237 e. The van der Waals surface area contributed by atoms with Crippen molar-refractivity contribution in [3.05, 3.63) is 0 Å². The molecule has 2 saturated heterocycles. The van der Waals surface area contributed by atoms with Gasteiger partial charge in [0.25, 0.3) is 0 Å². The quantitative estimate of drug-likeness (QED) is 0.260. The predicted molar refractivity (Wildman–Crippen MR) is 107 cm³/mol. The van der Waals surface area contributed by atoms with Crippen LogP contribution in [-0.4, -0.2) is 95.7 Å². The maximum absolute atomic E-state index is 12.9. The Bertz CT molecular complexity index is 539. The molecule has 7 atom stereocenters. The Morgan fingerprint density at radius 2 is 1.80 bits per heavy atom. The van der Waals surface area contributed by atoms with E-state index in [1.54, 1.807) is 0 Å². The SMILES string of the molecule is CC[C@H](C)[C@H](NCCC1OCC(C)(C)CO1)C(=O)N[C@H]1C(O)O[C@H](CO)[C@@H](O)[C@@H]1O. The predicted octanol–water partition coefficient (Wildman–Crippen LogP) is -1.30. The molecule has 10 heteroatoms. The summed E-state index contributed by atoms with van der Waals surface area (Å²) >= 11 is 0. The average Bonchev–Trinajstić information content (AvgIpc) is 2.71. The van der Waals surface area contributed by atoms with Gasteiger partial charge in [0.2, 0.25) is 5.91 Å². The zero-order valence-electron chi connectivity index (χ0n) is 18.3. The van der Waals surface area contributed by atoms with Crippen molar-refractivity contribution in [3.8, 4) is 0 Å². The lowest BCUT2D eigenvalue weighted by Gasteiger charge is -2.41. The molecular formula is C20H38N2O8. The first-order chi connectivity index (χ1) is 14.1. The second kappa shape index (κ2) is 11.1. The summed E-state index contributed by atoms with van der Waals surface area (Å²) in [6, 6.07) is -1.79. The van der Waals surface area contributed by atoms with E-state index in [4.69, 9.17) is 19.3 Å². The number of carbonyl (C=O) groups is 1. The minimum atomic E-state index is -1.55. The maximum atomic E-state index is 12.9. The van der Waals surface area contributed by atoms with Gasteiger partial charge in [-0.2, -0.15) is 0 Å². The molecule has 6 N–H and O–H groups in total. The van der Waals surface area contributed by atoms with Crippen LogP contribution in [0.5, 0.6) is 0 Å². The minimum Gasteiger partial charge on any atom is -0.394 e. The van der Waals surface area contributed by atoms with Crippen LogP contribution in [0.2, 0.25) is 0 Å². The lowest BCUT2D eigenvalue weighted by molar-refractivity contribution is -0.254. The van der Waals surface area contributed by atoms with Gasteiger partial charge in [-0.15, -0.1) is 0 Å². The van der Waals surface area contributed by atoms with E-state index in [0.29, 0.717) is 26.2 Å². The molecular weight excluding hydrogens is 396 g/mol. The highest BCUT2D eigenvalue weighted by atomic mass is 16.7. The molecule has 0 bridgehead atoms. The zero-order valence-corrected chi connectivity index (χ0v) is 18.3. The summed E-state index contributed by atoms with van der Waals surface area (Å²) in [5.74, 6) is -0.441. The molecule has 30 heavy (non-hydrogen) atoms. The fourth-order valence-electron chi connectivity index (χ4n) is 3.55. The molecule has 10 nitrogen and oxygen atoms in total. The number of aliphatic hydroxyl groups is 4. The molecule has 0 saturated carbocycles. The van der Waals surface area contributed by atoms with Crippen LogP contribution in [0, 0.1) is 11.3 Å². The summed E-state index contributed by atoms with van der Waals surface area (Å²) in [5.41, 5.74) is -0.00753. The third-order valence-corrected chi connectivity index (χ3v) is 5.77. The van der Waals surface area contributed by atoms with Crippen LogP contribution in [0.3, 0.4) is 0 Å². The summed E-state index contributed by atoms with van der Waals surface area (Å²) in [4.78, 5) is 12.9. The van der Waals surface area contributed by atoms with Crippen LogP contribution in [0.25, 0.3) is 0 Å². The highest BCUT2D eigenvalue weighted by molar-refractivity contribution is 5.82. The molecule has 0 radical (unpaired) electrons. The van der Waals surface area contributed by atoms with Gasteiger partial charge in [-0.3, -0.25) is 4.79 Å². The lowest BCUT2D eigenvalue weighted by Crippen LogP contribution is -2.66. The van der Waals surface area contributed by atoms with Gasteiger partial charge in [0, 0.05) is 18.4 Å². The zero-order chi connectivity index (χ0) is 22.5. The van der Waals surface area contributed by atoms with Gasteiger partial charge >= 0.3 is 0 Å².